The molecular formula is C14H17FN2O2. The molecule has 0 saturated heterocycles. The van der Waals surface area contributed by atoms with E-state index in [9.17, 15) is 9.18 Å². The third kappa shape index (κ3) is 4.27. The van der Waals surface area contributed by atoms with Gasteiger partial charge in [0.25, 0.3) is 5.91 Å². The zero-order chi connectivity index (χ0) is 14.4. The summed E-state index contributed by atoms with van der Waals surface area (Å²) in [5.74, 6) is 1.74. The van der Waals surface area contributed by atoms with Gasteiger partial charge in [-0.05, 0) is 19.9 Å². The van der Waals surface area contributed by atoms with Crippen molar-refractivity contribution in [1.29, 1.82) is 0 Å². The lowest BCUT2D eigenvalue weighted by atomic mass is 10.1. The lowest BCUT2D eigenvalue weighted by Gasteiger charge is -2.18. The number of carbonyl (C=O) groups is 1. The maximum atomic E-state index is 13.2. The maximum Gasteiger partial charge on any atom is 0.261 e. The average Bonchev–Trinajstić information content (AvgIpc) is 2.35. The van der Waals surface area contributed by atoms with Crippen LogP contribution in [-0.2, 0) is 4.79 Å². The molecule has 1 aromatic carbocycles. The predicted octanol–water partition coefficient (Wildman–Crippen LogP) is 1.36. The molecule has 4 nitrogen and oxygen atoms in total. The number of amides is 1. The van der Waals surface area contributed by atoms with Gasteiger partial charge in [-0.2, -0.15) is 0 Å². The zero-order valence-electron chi connectivity index (χ0n) is 10.9. The Morgan fingerprint density at radius 2 is 2.26 bits per heavy atom. The number of ether oxygens (including phenoxy) is 1. The fourth-order valence-electron chi connectivity index (χ4n) is 1.51. The smallest absolute Gasteiger partial charge is 0.261 e. The van der Waals surface area contributed by atoms with E-state index in [-0.39, 0.29) is 24.2 Å². The van der Waals surface area contributed by atoms with Gasteiger partial charge in [0.1, 0.15) is 11.6 Å². The second-order valence-corrected chi connectivity index (χ2v) is 4.15. The predicted molar refractivity (Wildman–Crippen MR) is 70.9 cm³/mol. The van der Waals surface area contributed by atoms with Crippen LogP contribution in [0.4, 0.5) is 4.39 Å². The molecule has 1 rings (SSSR count). The Morgan fingerprint density at radius 3 is 2.84 bits per heavy atom. The van der Waals surface area contributed by atoms with Crippen molar-refractivity contribution in [3.05, 3.63) is 29.6 Å². The van der Waals surface area contributed by atoms with Crippen LogP contribution in [0.2, 0.25) is 0 Å². The van der Waals surface area contributed by atoms with Crippen LogP contribution < -0.4 is 15.8 Å². The monoisotopic (exact) mass is 264 g/mol. The van der Waals surface area contributed by atoms with Crippen molar-refractivity contribution in [3.8, 4) is 18.1 Å². The lowest BCUT2D eigenvalue weighted by molar-refractivity contribution is -0.127. The molecule has 0 spiro atoms. The molecule has 1 unspecified atom stereocenters. The largest absolute Gasteiger partial charge is 0.480 e. The third-order valence-corrected chi connectivity index (χ3v) is 2.50. The maximum absolute atomic E-state index is 13.2. The van der Waals surface area contributed by atoms with Crippen LogP contribution in [0.3, 0.4) is 0 Å². The molecule has 0 heterocycles. The van der Waals surface area contributed by atoms with Gasteiger partial charge in [0.05, 0.1) is 6.54 Å². The van der Waals surface area contributed by atoms with Crippen LogP contribution in [-0.4, -0.2) is 18.6 Å². The van der Waals surface area contributed by atoms with E-state index in [0.717, 1.165) is 0 Å². The van der Waals surface area contributed by atoms with Crippen LogP contribution in [0.1, 0.15) is 25.5 Å². The Balaban J connectivity index is 2.84. The van der Waals surface area contributed by atoms with Gasteiger partial charge in [0.15, 0.2) is 6.10 Å². The molecule has 102 valence electrons. The van der Waals surface area contributed by atoms with E-state index in [1.807, 2.05) is 0 Å². The van der Waals surface area contributed by atoms with E-state index in [1.54, 1.807) is 19.9 Å². The van der Waals surface area contributed by atoms with Crippen molar-refractivity contribution >= 4 is 5.91 Å². The molecule has 0 aliphatic heterocycles. The number of nitrogens with one attached hydrogen (secondary N) is 1. The SMILES string of the molecule is C#CCNC(=O)C(C)Oc1cc(F)ccc1[C@H](C)N. The normalized spacial score (nSPS) is 13.2. The van der Waals surface area contributed by atoms with Crippen LogP contribution >= 0.6 is 0 Å². The van der Waals surface area contributed by atoms with Gasteiger partial charge in [0.2, 0.25) is 0 Å². The van der Waals surface area contributed by atoms with Gasteiger partial charge < -0.3 is 15.8 Å². The first-order valence-electron chi connectivity index (χ1n) is 5.88. The van der Waals surface area contributed by atoms with Crippen LogP contribution in [0.25, 0.3) is 0 Å². The summed E-state index contributed by atoms with van der Waals surface area (Å²) >= 11 is 0. The van der Waals surface area contributed by atoms with E-state index < -0.39 is 11.9 Å². The highest BCUT2D eigenvalue weighted by atomic mass is 19.1. The Bertz CT molecular complexity index is 495. The number of carbonyl (C=O) groups excluding carboxylic acids is 1. The average molecular weight is 264 g/mol. The van der Waals surface area contributed by atoms with Gasteiger partial charge in [-0.25, -0.2) is 4.39 Å². The first-order chi connectivity index (χ1) is 8.95. The number of rotatable bonds is 5. The van der Waals surface area contributed by atoms with Crippen molar-refractivity contribution in [1.82, 2.24) is 5.32 Å². The summed E-state index contributed by atoms with van der Waals surface area (Å²) in [6.07, 6.45) is 4.26. The van der Waals surface area contributed by atoms with E-state index >= 15 is 0 Å². The molecule has 2 atom stereocenters. The second-order valence-electron chi connectivity index (χ2n) is 4.15. The minimum Gasteiger partial charge on any atom is -0.480 e. The van der Waals surface area contributed by atoms with E-state index in [4.69, 9.17) is 16.9 Å². The van der Waals surface area contributed by atoms with E-state index in [2.05, 4.69) is 11.2 Å². The molecule has 0 saturated carbocycles. The van der Waals surface area contributed by atoms with E-state index in [1.165, 1.54) is 12.1 Å². The molecule has 5 heteroatoms. The molecule has 0 radical (unpaired) electrons. The highest BCUT2D eigenvalue weighted by Crippen LogP contribution is 2.25. The Morgan fingerprint density at radius 1 is 1.58 bits per heavy atom. The second kappa shape index (κ2) is 6.76. The molecule has 1 amide bonds. The van der Waals surface area contributed by atoms with Crippen LogP contribution in [0, 0.1) is 18.2 Å². The molecule has 0 bridgehead atoms. The van der Waals surface area contributed by atoms with Crippen molar-refractivity contribution in [3.63, 3.8) is 0 Å². The van der Waals surface area contributed by atoms with Crippen molar-refractivity contribution in [2.45, 2.75) is 26.0 Å². The van der Waals surface area contributed by atoms with Crippen molar-refractivity contribution in [2.24, 2.45) is 5.73 Å². The summed E-state index contributed by atoms with van der Waals surface area (Å²) in [7, 11) is 0. The van der Waals surface area contributed by atoms with Gasteiger partial charge >= 0.3 is 0 Å². The minimum atomic E-state index is -0.785. The van der Waals surface area contributed by atoms with Gasteiger partial charge in [-0.1, -0.05) is 12.0 Å². The number of hydrogen-bond acceptors (Lipinski definition) is 3. The fraction of sp³-hybridized carbons (Fsp3) is 0.357. The first kappa shape index (κ1) is 15.0. The van der Waals surface area contributed by atoms with Gasteiger partial charge in [-0.3, -0.25) is 4.79 Å². The molecule has 0 aromatic heterocycles. The molecule has 0 aliphatic carbocycles. The minimum absolute atomic E-state index is 0.121. The number of halogens is 1. The Hall–Kier alpha value is -2.06. The summed E-state index contributed by atoms with van der Waals surface area (Å²) in [4.78, 5) is 11.6. The van der Waals surface area contributed by atoms with Gasteiger partial charge in [-0.15, -0.1) is 6.42 Å². The van der Waals surface area contributed by atoms with Gasteiger partial charge in [0, 0.05) is 17.7 Å². The van der Waals surface area contributed by atoms with Crippen LogP contribution in [0.5, 0.6) is 5.75 Å². The number of nitrogens with two attached hydrogens (primary N) is 1. The molecule has 0 fully saturated rings. The molecule has 0 aliphatic rings. The first-order valence-corrected chi connectivity index (χ1v) is 5.88. The standard InChI is InChI=1S/C14H17FN2O2/c1-4-7-17-14(18)10(3)19-13-8-11(15)5-6-12(13)9(2)16/h1,5-6,8-10H,7,16H2,2-3H3,(H,17,18)/t9-,10?/m0/s1. The Kier molecular flexibility index (Phi) is 5.34. The fourth-order valence-corrected chi connectivity index (χ4v) is 1.51. The molecule has 3 N–H and O–H groups in total. The topological polar surface area (TPSA) is 64.3 Å². The highest BCUT2D eigenvalue weighted by Gasteiger charge is 2.17. The number of benzene rings is 1. The van der Waals surface area contributed by atoms with Crippen LogP contribution in [0.15, 0.2) is 18.2 Å². The van der Waals surface area contributed by atoms with Crippen molar-refractivity contribution < 1.29 is 13.9 Å². The number of hydrogen-bond donors (Lipinski definition) is 2. The van der Waals surface area contributed by atoms with Crippen molar-refractivity contribution in [2.75, 3.05) is 6.54 Å². The summed E-state index contributed by atoms with van der Waals surface area (Å²) < 4.78 is 18.7. The zero-order valence-corrected chi connectivity index (χ0v) is 10.9. The summed E-state index contributed by atoms with van der Waals surface area (Å²) in [5, 5.41) is 2.49. The lowest BCUT2D eigenvalue weighted by Crippen LogP contribution is -2.36. The Labute approximate surface area is 112 Å². The summed E-state index contributed by atoms with van der Waals surface area (Å²) in [6, 6.07) is 3.73. The van der Waals surface area contributed by atoms with E-state index in [0.29, 0.717) is 5.56 Å². The molecule has 19 heavy (non-hydrogen) atoms. The molecular weight excluding hydrogens is 247 g/mol. The third-order valence-electron chi connectivity index (χ3n) is 2.50. The highest BCUT2D eigenvalue weighted by molar-refractivity contribution is 5.80. The quantitative estimate of drug-likeness (QED) is 0.789. The number of terminal acetylenes is 1. The summed E-state index contributed by atoms with van der Waals surface area (Å²) in [5.41, 5.74) is 6.40. The summed E-state index contributed by atoms with van der Waals surface area (Å²) in [6.45, 7) is 3.43. The molecule has 1 aromatic rings.